The van der Waals surface area contributed by atoms with Crippen LogP contribution >= 0.6 is 27.5 Å². The Kier molecular flexibility index (Phi) is 5.73. The van der Waals surface area contributed by atoms with E-state index >= 15 is 0 Å². The van der Waals surface area contributed by atoms with Crippen molar-refractivity contribution < 1.29 is 4.39 Å². The van der Waals surface area contributed by atoms with Crippen molar-refractivity contribution in [3.05, 3.63) is 34.1 Å². The van der Waals surface area contributed by atoms with Crippen LogP contribution < -0.4 is 5.32 Å². The number of rotatable bonds is 5. The predicted octanol–water partition coefficient (Wildman–Crippen LogP) is 3.94. The van der Waals surface area contributed by atoms with E-state index in [1.54, 1.807) is 6.07 Å². The average molecular weight is 309 g/mol. The molecule has 1 nitrogen and oxygen atoms in total. The van der Waals surface area contributed by atoms with Gasteiger partial charge in [0.25, 0.3) is 0 Å². The number of hydrogen-bond donors (Lipinski definition) is 1. The third-order valence-corrected chi connectivity index (χ3v) is 3.37. The molecule has 0 aromatic heterocycles. The third-order valence-electron chi connectivity index (χ3n) is 2.54. The number of hydrogen-bond acceptors (Lipinski definition) is 1. The van der Waals surface area contributed by atoms with Gasteiger partial charge < -0.3 is 5.32 Å². The molecule has 1 rings (SSSR count). The minimum atomic E-state index is -0.195. The van der Waals surface area contributed by atoms with Crippen molar-refractivity contribution in [2.45, 2.75) is 26.4 Å². The minimum absolute atomic E-state index is 0.195. The summed E-state index contributed by atoms with van der Waals surface area (Å²) in [6.45, 7) is 4.70. The van der Waals surface area contributed by atoms with Crippen LogP contribution in [0.2, 0.25) is 0 Å². The largest absolute Gasteiger partial charge is 0.308 e. The summed E-state index contributed by atoms with van der Waals surface area (Å²) in [5, 5.41) is 3.26. The van der Waals surface area contributed by atoms with Crippen molar-refractivity contribution in [1.29, 1.82) is 0 Å². The van der Waals surface area contributed by atoms with Gasteiger partial charge >= 0.3 is 0 Å². The van der Waals surface area contributed by atoms with Gasteiger partial charge in [0, 0.05) is 28.5 Å². The average Bonchev–Trinajstić information content (AvgIpc) is 2.21. The van der Waals surface area contributed by atoms with Crippen LogP contribution in [0.25, 0.3) is 0 Å². The minimum Gasteiger partial charge on any atom is -0.308 e. The van der Waals surface area contributed by atoms with Gasteiger partial charge in [0.2, 0.25) is 0 Å². The first-order chi connectivity index (χ1) is 7.54. The summed E-state index contributed by atoms with van der Waals surface area (Å²) >= 11 is 9.06. The van der Waals surface area contributed by atoms with Crippen LogP contribution in [0, 0.1) is 11.7 Å². The maximum Gasteiger partial charge on any atom is 0.128 e. The Labute approximate surface area is 110 Å². The molecule has 4 heteroatoms. The molecular formula is C12H16BrClFN. The highest BCUT2D eigenvalue weighted by molar-refractivity contribution is 9.10. The van der Waals surface area contributed by atoms with Crippen LogP contribution in [0.1, 0.15) is 19.4 Å². The summed E-state index contributed by atoms with van der Waals surface area (Å²) in [6.07, 6.45) is 0. The van der Waals surface area contributed by atoms with E-state index in [1.807, 2.05) is 6.07 Å². The first kappa shape index (κ1) is 13.9. The van der Waals surface area contributed by atoms with E-state index in [9.17, 15) is 4.39 Å². The van der Waals surface area contributed by atoms with Crippen LogP contribution in [0.3, 0.4) is 0 Å². The first-order valence-electron chi connectivity index (χ1n) is 5.28. The zero-order valence-corrected chi connectivity index (χ0v) is 11.8. The Morgan fingerprint density at radius 1 is 1.44 bits per heavy atom. The van der Waals surface area contributed by atoms with Crippen molar-refractivity contribution in [2.75, 3.05) is 5.88 Å². The standard InChI is InChI=1S/C12H16BrClFN/c1-8(2)12(6-14)16-7-9-3-4-10(13)5-11(9)15/h3-5,8,12,16H,6-7H2,1-2H3. The van der Waals surface area contributed by atoms with Gasteiger partial charge in [0.05, 0.1) is 0 Å². The highest BCUT2D eigenvalue weighted by Gasteiger charge is 2.12. The lowest BCUT2D eigenvalue weighted by molar-refractivity contribution is 0.425. The summed E-state index contributed by atoms with van der Waals surface area (Å²) in [6, 6.07) is 5.30. The van der Waals surface area contributed by atoms with Crippen molar-refractivity contribution in [3.8, 4) is 0 Å². The van der Waals surface area contributed by atoms with E-state index in [0.29, 0.717) is 23.9 Å². The molecule has 0 heterocycles. The van der Waals surface area contributed by atoms with Crippen LogP contribution in [0.15, 0.2) is 22.7 Å². The van der Waals surface area contributed by atoms with E-state index < -0.39 is 0 Å². The van der Waals surface area contributed by atoms with Crippen molar-refractivity contribution in [1.82, 2.24) is 5.32 Å². The van der Waals surface area contributed by atoms with Gasteiger partial charge in [-0.05, 0) is 18.1 Å². The summed E-state index contributed by atoms with van der Waals surface area (Å²) < 4.78 is 14.3. The molecule has 0 aliphatic rings. The Bertz CT molecular complexity index is 344. The van der Waals surface area contributed by atoms with E-state index in [0.717, 1.165) is 4.47 Å². The normalized spacial score (nSPS) is 13.1. The molecule has 0 bridgehead atoms. The number of nitrogens with one attached hydrogen (secondary N) is 1. The Morgan fingerprint density at radius 2 is 2.12 bits per heavy atom. The fourth-order valence-corrected chi connectivity index (χ4v) is 2.17. The van der Waals surface area contributed by atoms with Crippen LogP contribution in [-0.2, 0) is 6.54 Å². The topological polar surface area (TPSA) is 12.0 Å². The number of benzene rings is 1. The lowest BCUT2D eigenvalue weighted by Crippen LogP contribution is -2.35. The summed E-state index contributed by atoms with van der Waals surface area (Å²) in [7, 11) is 0. The van der Waals surface area contributed by atoms with Crippen molar-refractivity contribution in [2.24, 2.45) is 5.92 Å². The first-order valence-corrected chi connectivity index (χ1v) is 6.60. The second-order valence-electron chi connectivity index (χ2n) is 4.12. The molecule has 0 amide bonds. The van der Waals surface area contributed by atoms with Gasteiger partial charge in [-0.25, -0.2) is 4.39 Å². The summed E-state index contributed by atoms with van der Waals surface area (Å²) in [4.78, 5) is 0. The van der Waals surface area contributed by atoms with Gasteiger partial charge in [-0.2, -0.15) is 0 Å². The van der Waals surface area contributed by atoms with Gasteiger partial charge in [0.15, 0.2) is 0 Å². The lowest BCUT2D eigenvalue weighted by Gasteiger charge is -2.19. The fourth-order valence-electron chi connectivity index (χ4n) is 1.37. The Balaban J connectivity index is 2.60. The fraction of sp³-hybridized carbons (Fsp3) is 0.500. The van der Waals surface area contributed by atoms with Crippen molar-refractivity contribution in [3.63, 3.8) is 0 Å². The molecule has 0 spiro atoms. The molecule has 16 heavy (non-hydrogen) atoms. The molecule has 0 radical (unpaired) electrons. The molecule has 0 fully saturated rings. The molecule has 1 unspecified atom stereocenters. The van der Waals surface area contributed by atoms with Crippen LogP contribution in [0.5, 0.6) is 0 Å². The molecule has 1 aromatic rings. The quantitative estimate of drug-likeness (QED) is 0.812. The molecule has 0 saturated carbocycles. The lowest BCUT2D eigenvalue weighted by atomic mass is 10.1. The summed E-state index contributed by atoms with van der Waals surface area (Å²) in [5.74, 6) is 0.783. The Morgan fingerprint density at radius 3 is 2.62 bits per heavy atom. The molecule has 0 aliphatic heterocycles. The molecule has 0 aliphatic carbocycles. The number of alkyl halides is 1. The molecule has 1 aromatic carbocycles. The van der Waals surface area contributed by atoms with Crippen LogP contribution in [-0.4, -0.2) is 11.9 Å². The molecular weight excluding hydrogens is 292 g/mol. The Hall–Kier alpha value is -0.120. The molecule has 1 atom stereocenters. The zero-order chi connectivity index (χ0) is 12.1. The van der Waals surface area contributed by atoms with Crippen molar-refractivity contribution >= 4 is 27.5 Å². The third kappa shape index (κ3) is 4.04. The molecule has 1 N–H and O–H groups in total. The van der Waals surface area contributed by atoms with E-state index in [4.69, 9.17) is 11.6 Å². The van der Waals surface area contributed by atoms with E-state index in [1.165, 1.54) is 6.07 Å². The number of halogens is 3. The second kappa shape index (κ2) is 6.58. The monoisotopic (exact) mass is 307 g/mol. The smallest absolute Gasteiger partial charge is 0.128 e. The van der Waals surface area contributed by atoms with Gasteiger partial charge in [-0.15, -0.1) is 11.6 Å². The van der Waals surface area contributed by atoms with Gasteiger partial charge in [-0.1, -0.05) is 35.8 Å². The van der Waals surface area contributed by atoms with Crippen LogP contribution in [0.4, 0.5) is 4.39 Å². The molecule has 0 saturated heterocycles. The maximum absolute atomic E-state index is 13.5. The predicted molar refractivity (Wildman–Crippen MR) is 70.3 cm³/mol. The second-order valence-corrected chi connectivity index (χ2v) is 5.35. The SMILES string of the molecule is CC(C)C(CCl)NCc1ccc(Br)cc1F. The maximum atomic E-state index is 13.5. The van der Waals surface area contributed by atoms with Gasteiger partial charge in [0.1, 0.15) is 5.82 Å². The van der Waals surface area contributed by atoms with E-state index in [2.05, 4.69) is 35.1 Å². The highest BCUT2D eigenvalue weighted by Crippen LogP contribution is 2.15. The van der Waals surface area contributed by atoms with E-state index in [-0.39, 0.29) is 11.9 Å². The van der Waals surface area contributed by atoms with Gasteiger partial charge in [-0.3, -0.25) is 0 Å². The summed E-state index contributed by atoms with van der Waals surface area (Å²) in [5.41, 5.74) is 0.666. The highest BCUT2D eigenvalue weighted by atomic mass is 79.9. The zero-order valence-electron chi connectivity index (χ0n) is 9.43. The molecule has 90 valence electrons.